The highest BCUT2D eigenvalue weighted by Gasteiger charge is 2.27. The first-order valence-electron chi connectivity index (χ1n) is 6.17. The molecule has 3 nitrogen and oxygen atoms in total. The number of carbonyl (C=O) groups excluding carboxylic acids is 1. The van der Waals surface area contributed by atoms with Gasteiger partial charge in [-0.3, -0.25) is 4.79 Å². The lowest BCUT2D eigenvalue weighted by molar-refractivity contribution is -0.119. The fourth-order valence-corrected chi connectivity index (χ4v) is 3.95. The van der Waals surface area contributed by atoms with E-state index in [9.17, 15) is 9.90 Å². The van der Waals surface area contributed by atoms with Gasteiger partial charge in [0, 0.05) is 17.1 Å². The molecule has 0 heterocycles. The monoisotopic (exact) mass is 341 g/mol. The van der Waals surface area contributed by atoms with Gasteiger partial charge < -0.3 is 10.5 Å². The summed E-state index contributed by atoms with van der Waals surface area (Å²) in [5.41, 5.74) is 0. The number of aliphatic hydroxyl groups excluding tert-OH is 1. The molecule has 0 aromatic heterocycles. The van der Waals surface area contributed by atoms with Crippen LogP contribution in [0.5, 0.6) is 0 Å². The predicted octanol–water partition coefficient (Wildman–Crippen LogP) is 2.99. The highest BCUT2D eigenvalue weighted by Crippen LogP contribution is 2.37. The molecule has 0 aliphatic heterocycles. The lowest BCUT2D eigenvalue weighted by Crippen LogP contribution is -2.31. The first-order chi connectivity index (χ1) is 8.97. The predicted molar refractivity (Wildman–Crippen MR) is 85.3 cm³/mol. The van der Waals surface area contributed by atoms with E-state index in [1.165, 1.54) is 11.8 Å². The molecule has 0 saturated heterocycles. The van der Waals surface area contributed by atoms with Crippen molar-refractivity contribution in [1.29, 1.82) is 5.41 Å². The Morgan fingerprint density at radius 2 is 2.47 bits per heavy atom. The SMILES string of the molecule is [B]C1C=C(Br)C=C(SC(C(=O)CC=N)C(O)CC)C1. The summed E-state index contributed by atoms with van der Waals surface area (Å²) in [6.45, 7) is 1.84. The van der Waals surface area contributed by atoms with E-state index in [2.05, 4.69) is 15.9 Å². The van der Waals surface area contributed by atoms with Crippen molar-refractivity contribution in [1.82, 2.24) is 0 Å². The number of halogens is 1. The molecule has 0 aromatic rings. The zero-order valence-corrected chi connectivity index (χ0v) is 13.2. The second-order valence-corrected chi connectivity index (χ2v) is 6.60. The lowest BCUT2D eigenvalue weighted by Gasteiger charge is -2.24. The molecule has 6 heteroatoms. The smallest absolute Gasteiger partial charge is 0.154 e. The van der Waals surface area contributed by atoms with Gasteiger partial charge in [-0.2, -0.15) is 0 Å². The van der Waals surface area contributed by atoms with Gasteiger partial charge in [-0.1, -0.05) is 34.7 Å². The molecule has 1 aliphatic rings. The fraction of sp³-hybridized carbons (Fsp3) is 0.538. The number of rotatable bonds is 7. The van der Waals surface area contributed by atoms with Crippen LogP contribution in [0, 0.1) is 5.41 Å². The van der Waals surface area contributed by atoms with Crippen molar-refractivity contribution in [2.45, 2.75) is 43.4 Å². The van der Waals surface area contributed by atoms with Crippen LogP contribution in [0.25, 0.3) is 0 Å². The molecule has 3 unspecified atom stereocenters. The lowest BCUT2D eigenvalue weighted by atomic mass is 9.82. The van der Waals surface area contributed by atoms with E-state index < -0.39 is 11.4 Å². The number of hydrogen-bond donors (Lipinski definition) is 2. The third-order valence-corrected chi connectivity index (χ3v) is 4.69. The Kier molecular flexibility index (Phi) is 7.11. The van der Waals surface area contributed by atoms with Gasteiger partial charge >= 0.3 is 0 Å². The summed E-state index contributed by atoms with van der Waals surface area (Å²) in [5, 5.41) is 16.5. The maximum absolute atomic E-state index is 12.0. The minimum atomic E-state index is -0.695. The van der Waals surface area contributed by atoms with Crippen molar-refractivity contribution in [3.63, 3.8) is 0 Å². The van der Waals surface area contributed by atoms with Crippen LogP contribution >= 0.6 is 27.7 Å². The average molecular weight is 342 g/mol. The molecule has 19 heavy (non-hydrogen) atoms. The van der Waals surface area contributed by atoms with Crippen LogP contribution in [0.4, 0.5) is 0 Å². The fourth-order valence-electron chi connectivity index (χ4n) is 1.79. The summed E-state index contributed by atoms with van der Waals surface area (Å²) >= 11 is 4.75. The zero-order valence-electron chi connectivity index (χ0n) is 10.8. The molecule has 0 bridgehead atoms. The van der Waals surface area contributed by atoms with Crippen molar-refractivity contribution in [3.8, 4) is 0 Å². The van der Waals surface area contributed by atoms with E-state index in [1.807, 2.05) is 19.1 Å². The molecule has 0 amide bonds. The summed E-state index contributed by atoms with van der Waals surface area (Å²) in [7, 11) is 5.89. The Morgan fingerprint density at radius 3 is 3.00 bits per heavy atom. The molecule has 3 atom stereocenters. The highest BCUT2D eigenvalue weighted by molar-refractivity contribution is 9.11. The van der Waals surface area contributed by atoms with Gasteiger partial charge in [0.15, 0.2) is 5.78 Å². The number of Topliss-reactive ketones (excluding diaryl/α,β-unsaturated/α-hetero) is 1. The number of hydrogen-bond acceptors (Lipinski definition) is 4. The zero-order chi connectivity index (χ0) is 14.4. The first-order valence-corrected chi connectivity index (χ1v) is 7.85. The van der Waals surface area contributed by atoms with Crippen molar-refractivity contribution >= 4 is 47.5 Å². The molecule has 102 valence electrons. The number of ketones is 1. The maximum Gasteiger partial charge on any atom is 0.154 e. The summed E-state index contributed by atoms with van der Waals surface area (Å²) in [6, 6.07) is 0. The van der Waals surface area contributed by atoms with Crippen LogP contribution in [0.3, 0.4) is 0 Å². The molecule has 0 spiro atoms. The summed E-state index contributed by atoms with van der Waals surface area (Å²) in [5.74, 6) is -0.186. The van der Waals surface area contributed by atoms with Crippen LogP contribution in [0.15, 0.2) is 21.5 Å². The largest absolute Gasteiger partial charge is 0.392 e. The van der Waals surface area contributed by atoms with E-state index in [1.54, 1.807) is 0 Å². The second kappa shape index (κ2) is 8.07. The third kappa shape index (κ3) is 5.28. The topological polar surface area (TPSA) is 61.2 Å². The number of carbonyl (C=O) groups is 1. The van der Waals surface area contributed by atoms with Crippen LogP contribution in [0.1, 0.15) is 26.2 Å². The molecule has 0 fully saturated rings. The van der Waals surface area contributed by atoms with Crippen LogP contribution < -0.4 is 0 Å². The van der Waals surface area contributed by atoms with E-state index >= 15 is 0 Å². The summed E-state index contributed by atoms with van der Waals surface area (Å²) in [6.07, 6.45) is 5.47. The van der Waals surface area contributed by atoms with Gasteiger partial charge in [0.25, 0.3) is 0 Å². The van der Waals surface area contributed by atoms with E-state index in [-0.39, 0.29) is 18.0 Å². The molecule has 2 radical (unpaired) electrons. The normalized spacial score (nSPS) is 22.2. The van der Waals surface area contributed by atoms with E-state index in [0.29, 0.717) is 12.8 Å². The number of aliphatic hydroxyl groups is 1. The molecular weight excluding hydrogens is 325 g/mol. The molecule has 2 N–H and O–H groups in total. The van der Waals surface area contributed by atoms with Gasteiger partial charge in [0.05, 0.1) is 19.2 Å². The Hall–Kier alpha value is -0.325. The first kappa shape index (κ1) is 16.7. The van der Waals surface area contributed by atoms with E-state index in [4.69, 9.17) is 13.3 Å². The van der Waals surface area contributed by atoms with Crippen molar-refractivity contribution in [3.05, 3.63) is 21.5 Å². The Balaban J connectivity index is 2.80. The summed E-state index contributed by atoms with van der Waals surface area (Å²) in [4.78, 5) is 12.9. The van der Waals surface area contributed by atoms with Gasteiger partial charge in [-0.05, 0) is 23.8 Å². The summed E-state index contributed by atoms with van der Waals surface area (Å²) < 4.78 is 0.901. The molecule has 1 rings (SSSR count). The van der Waals surface area contributed by atoms with Crippen LogP contribution in [-0.2, 0) is 4.79 Å². The van der Waals surface area contributed by atoms with Gasteiger partial charge in [0.2, 0.25) is 0 Å². The van der Waals surface area contributed by atoms with Gasteiger partial charge in [-0.25, -0.2) is 0 Å². The van der Waals surface area contributed by atoms with Crippen LogP contribution in [-0.4, -0.2) is 36.3 Å². The van der Waals surface area contributed by atoms with E-state index in [0.717, 1.165) is 15.6 Å². The number of thioether (sulfide) groups is 1. The molecule has 0 saturated carbocycles. The Labute approximate surface area is 128 Å². The van der Waals surface area contributed by atoms with Gasteiger partial charge in [0.1, 0.15) is 0 Å². The quantitative estimate of drug-likeness (QED) is 0.552. The molecule has 0 aromatic carbocycles. The number of nitrogens with one attached hydrogen (secondary N) is 1. The second-order valence-electron chi connectivity index (χ2n) is 4.42. The average Bonchev–Trinajstić information content (AvgIpc) is 2.34. The number of allylic oxidation sites excluding steroid dienone is 4. The molecule has 1 aliphatic carbocycles. The third-order valence-electron chi connectivity index (χ3n) is 2.78. The Bertz CT molecular complexity index is 411. The van der Waals surface area contributed by atoms with Crippen molar-refractivity contribution in [2.75, 3.05) is 0 Å². The van der Waals surface area contributed by atoms with Gasteiger partial charge in [-0.15, -0.1) is 11.8 Å². The van der Waals surface area contributed by atoms with Crippen molar-refractivity contribution in [2.24, 2.45) is 0 Å². The highest BCUT2D eigenvalue weighted by atomic mass is 79.9. The van der Waals surface area contributed by atoms with Crippen molar-refractivity contribution < 1.29 is 9.90 Å². The minimum Gasteiger partial charge on any atom is -0.392 e. The molecular formula is C13H17BBrNO2S. The Morgan fingerprint density at radius 1 is 1.79 bits per heavy atom. The minimum absolute atomic E-state index is 0.0606. The van der Waals surface area contributed by atoms with Crippen LogP contribution in [0.2, 0.25) is 5.82 Å². The standard InChI is InChI=1S/C13H17BBrNO2S/c1-2-11(17)13(12(18)3-4-16)19-10-6-8(14)5-9(15)7-10/h4-5,7-8,11,13,16-17H,2-3,6H2,1H3. The maximum atomic E-state index is 12.0.